The summed E-state index contributed by atoms with van der Waals surface area (Å²) in [4.78, 5) is 26.6. The number of rotatable bonds is 3. The van der Waals surface area contributed by atoms with Crippen molar-refractivity contribution in [3.63, 3.8) is 0 Å². The van der Waals surface area contributed by atoms with Gasteiger partial charge in [0.05, 0.1) is 16.3 Å². The van der Waals surface area contributed by atoms with Crippen LogP contribution in [0.1, 0.15) is 17.5 Å². The lowest BCUT2D eigenvalue weighted by molar-refractivity contribution is -0.402. The quantitative estimate of drug-likeness (QED) is 0.498. The van der Waals surface area contributed by atoms with Crippen molar-refractivity contribution >= 4 is 49.3 Å². The smallest absolute Gasteiger partial charge is 0.395 e. The van der Waals surface area contributed by atoms with Crippen LogP contribution in [0.5, 0.6) is 0 Å². The van der Waals surface area contributed by atoms with Crippen LogP contribution in [-0.4, -0.2) is 15.4 Å². The van der Waals surface area contributed by atoms with Crippen LogP contribution < -0.4 is 4.80 Å². The molecule has 2 heterocycles. The molecule has 0 aliphatic heterocycles. The summed E-state index contributed by atoms with van der Waals surface area (Å²) in [6, 6.07) is 8.21. The van der Waals surface area contributed by atoms with Crippen LogP contribution in [0.15, 0.2) is 44.2 Å². The molecule has 0 bridgehead atoms. The maximum Gasteiger partial charge on any atom is 0.433 e. The van der Waals surface area contributed by atoms with E-state index in [9.17, 15) is 14.9 Å². The lowest BCUT2D eigenvalue weighted by Crippen LogP contribution is -2.15. The second kappa shape index (κ2) is 6.09. The van der Waals surface area contributed by atoms with Crippen LogP contribution in [0.2, 0.25) is 0 Å². The van der Waals surface area contributed by atoms with Crippen molar-refractivity contribution in [2.24, 2.45) is 4.99 Å². The molecule has 0 atom stereocenters. The van der Waals surface area contributed by atoms with E-state index in [4.69, 9.17) is 4.42 Å². The second-order valence-corrected chi connectivity index (χ2v) is 6.48. The Hall–Kier alpha value is -2.26. The summed E-state index contributed by atoms with van der Waals surface area (Å²) < 4.78 is 8.72. The lowest BCUT2D eigenvalue weighted by Gasteiger charge is -1.99. The minimum Gasteiger partial charge on any atom is -0.395 e. The first kappa shape index (κ1) is 15.6. The molecule has 1 aromatic carbocycles. The molecule has 0 N–H and O–H groups in total. The first-order valence-electron chi connectivity index (χ1n) is 6.61. The number of fused-ring (bicyclic) bond motifs is 1. The topological polar surface area (TPSA) is 90.6 Å². The number of hydrogen-bond acceptors (Lipinski definition) is 5. The van der Waals surface area contributed by atoms with E-state index in [-0.39, 0.29) is 5.76 Å². The number of aromatic nitrogens is 1. The van der Waals surface area contributed by atoms with Crippen molar-refractivity contribution < 1.29 is 14.1 Å². The van der Waals surface area contributed by atoms with Gasteiger partial charge in [-0.15, -0.1) is 0 Å². The molecule has 0 saturated heterocycles. The molecule has 0 aliphatic carbocycles. The molecule has 3 aromatic rings. The molecule has 2 aromatic heterocycles. The Morgan fingerprint density at radius 1 is 1.43 bits per heavy atom. The number of hydrogen-bond donors (Lipinski definition) is 0. The first-order valence-corrected chi connectivity index (χ1v) is 8.22. The number of benzene rings is 1. The first-order chi connectivity index (χ1) is 11.0. The highest BCUT2D eigenvalue weighted by Gasteiger charge is 2.17. The number of nitrogens with zero attached hydrogens (tertiary/aromatic N) is 3. The number of aryl methyl sites for hydroxylation is 1. The molecule has 3 rings (SSSR count). The van der Waals surface area contributed by atoms with Crippen LogP contribution in [0, 0.1) is 10.1 Å². The van der Waals surface area contributed by atoms with Gasteiger partial charge >= 0.3 is 11.8 Å². The Balaban J connectivity index is 2.08. The zero-order chi connectivity index (χ0) is 16.6. The van der Waals surface area contributed by atoms with Gasteiger partial charge < -0.3 is 8.98 Å². The summed E-state index contributed by atoms with van der Waals surface area (Å²) in [6.45, 7) is 2.60. The normalized spacial score (nSPS) is 12.0. The van der Waals surface area contributed by atoms with Crippen LogP contribution in [0.4, 0.5) is 5.88 Å². The largest absolute Gasteiger partial charge is 0.433 e. The van der Waals surface area contributed by atoms with Crippen molar-refractivity contribution in [1.29, 1.82) is 0 Å². The summed E-state index contributed by atoms with van der Waals surface area (Å²) in [7, 11) is 0. The Morgan fingerprint density at radius 2 is 2.22 bits per heavy atom. The van der Waals surface area contributed by atoms with E-state index in [1.165, 1.54) is 17.4 Å². The number of furan rings is 1. The molecule has 7 nitrogen and oxygen atoms in total. The Morgan fingerprint density at radius 3 is 2.87 bits per heavy atom. The van der Waals surface area contributed by atoms with E-state index in [1.807, 2.05) is 29.7 Å². The fraction of sp³-hybridized carbons (Fsp3) is 0.143. The molecule has 0 saturated carbocycles. The second-order valence-electron chi connectivity index (χ2n) is 4.55. The molecule has 0 aliphatic rings. The van der Waals surface area contributed by atoms with Gasteiger partial charge in [0.25, 0.3) is 0 Å². The number of halogens is 1. The van der Waals surface area contributed by atoms with E-state index in [0.29, 0.717) is 11.3 Å². The van der Waals surface area contributed by atoms with Gasteiger partial charge in [-0.25, -0.2) is 0 Å². The number of carbonyl (C=O) groups is 1. The monoisotopic (exact) mass is 395 g/mol. The predicted molar refractivity (Wildman–Crippen MR) is 88.4 cm³/mol. The van der Waals surface area contributed by atoms with Gasteiger partial charge in [-0.1, -0.05) is 27.3 Å². The van der Waals surface area contributed by atoms with Crippen molar-refractivity contribution in [1.82, 2.24) is 4.57 Å². The van der Waals surface area contributed by atoms with E-state index < -0.39 is 16.7 Å². The van der Waals surface area contributed by atoms with Gasteiger partial charge in [-0.3, -0.25) is 14.9 Å². The molecule has 0 fully saturated rings. The fourth-order valence-electron chi connectivity index (χ4n) is 2.12. The van der Waals surface area contributed by atoms with Gasteiger partial charge in [0.1, 0.15) is 4.92 Å². The maximum absolute atomic E-state index is 12.2. The molecule has 118 valence electrons. The predicted octanol–water partition coefficient (Wildman–Crippen LogP) is 3.73. The zero-order valence-corrected chi connectivity index (χ0v) is 14.3. The Labute approximate surface area is 142 Å². The van der Waals surface area contributed by atoms with Crippen molar-refractivity contribution in [3.8, 4) is 0 Å². The molecular weight excluding hydrogens is 386 g/mol. The lowest BCUT2D eigenvalue weighted by atomic mass is 10.3. The fourth-order valence-corrected chi connectivity index (χ4v) is 3.76. The summed E-state index contributed by atoms with van der Waals surface area (Å²) in [5, 5.41) is 10.6. The third-order valence-electron chi connectivity index (χ3n) is 3.14. The number of nitro groups is 1. The van der Waals surface area contributed by atoms with E-state index in [0.717, 1.165) is 20.8 Å². The third kappa shape index (κ3) is 2.97. The highest BCUT2D eigenvalue weighted by Crippen LogP contribution is 2.22. The summed E-state index contributed by atoms with van der Waals surface area (Å²) in [5.74, 6) is -1.28. The van der Waals surface area contributed by atoms with Crippen LogP contribution in [0.3, 0.4) is 0 Å². The number of carbonyl (C=O) groups excluding carboxylic acids is 1. The maximum atomic E-state index is 12.2. The Kier molecular flexibility index (Phi) is 4.14. The van der Waals surface area contributed by atoms with Crippen LogP contribution in [0.25, 0.3) is 10.2 Å². The Bertz CT molecular complexity index is 985. The highest BCUT2D eigenvalue weighted by atomic mass is 79.9. The average Bonchev–Trinajstić information content (AvgIpc) is 3.10. The van der Waals surface area contributed by atoms with Crippen LogP contribution in [-0.2, 0) is 6.54 Å². The SMILES string of the molecule is CCn1c(=NC(=O)c2ccc([N+](=O)[O-])o2)sc2cc(Br)ccc21. The van der Waals surface area contributed by atoms with Crippen molar-refractivity contribution in [3.05, 3.63) is 55.5 Å². The molecule has 0 spiro atoms. The standard InChI is InChI=1S/C14H10BrN3O4S/c1-2-17-9-4-3-8(15)7-11(9)23-14(17)16-13(19)10-5-6-12(22-10)18(20)21/h3-7H,2H2,1H3. The van der Waals surface area contributed by atoms with E-state index >= 15 is 0 Å². The minimum atomic E-state index is -0.694. The van der Waals surface area contributed by atoms with Crippen molar-refractivity contribution in [2.45, 2.75) is 13.5 Å². The minimum absolute atomic E-state index is 0.155. The van der Waals surface area contributed by atoms with Gasteiger partial charge in [0, 0.05) is 11.0 Å². The van der Waals surface area contributed by atoms with Gasteiger partial charge in [0.15, 0.2) is 4.80 Å². The molecule has 0 unspecified atom stereocenters. The zero-order valence-electron chi connectivity index (χ0n) is 11.9. The van der Waals surface area contributed by atoms with E-state index in [1.54, 1.807) is 0 Å². The summed E-state index contributed by atoms with van der Waals surface area (Å²) >= 11 is 4.78. The van der Waals surface area contributed by atoms with Crippen molar-refractivity contribution in [2.75, 3.05) is 0 Å². The summed E-state index contributed by atoms with van der Waals surface area (Å²) in [5.41, 5.74) is 0.970. The summed E-state index contributed by atoms with van der Waals surface area (Å²) in [6.07, 6.45) is 0. The van der Waals surface area contributed by atoms with Gasteiger partial charge in [0.2, 0.25) is 5.76 Å². The molecule has 1 amide bonds. The number of amides is 1. The highest BCUT2D eigenvalue weighted by molar-refractivity contribution is 9.10. The van der Waals surface area contributed by atoms with Gasteiger partial charge in [-0.2, -0.15) is 4.99 Å². The molecular formula is C14H10BrN3O4S. The third-order valence-corrected chi connectivity index (χ3v) is 4.68. The van der Waals surface area contributed by atoms with E-state index in [2.05, 4.69) is 20.9 Å². The molecule has 23 heavy (non-hydrogen) atoms. The molecule has 0 radical (unpaired) electrons. The van der Waals surface area contributed by atoms with Crippen LogP contribution >= 0.6 is 27.3 Å². The number of thiazole rings is 1. The average molecular weight is 396 g/mol. The molecule has 9 heteroatoms. The van der Waals surface area contributed by atoms with Gasteiger partial charge in [-0.05, 0) is 31.2 Å².